The van der Waals surface area contributed by atoms with Crippen LogP contribution in [0, 0.1) is 11.3 Å². The van der Waals surface area contributed by atoms with Crippen LogP contribution in [0.3, 0.4) is 0 Å². The number of ether oxygens (including phenoxy) is 1. The van der Waals surface area contributed by atoms with Crippen molar-refractivity contribution in [1.82, 2.24) is 15.0 Å². The Hall–Kier alpha value is -2.92. The van der Waals surface area contributed by atoms with Crippen LogP contribution in [0.1, 0.15) is 19.4 Å². The first kappa shape index (κ1) is 14.5. The fourth-order valence-corrected chi connectivity index (χ4v) is 1.50. The van der Waals surface area contributed by atoms with E-state index in [1.54, 1.807) is 24.3 Å². The van der Waals surface area contributed by atoms with Crippen molar-refractivity contribution in [3.63, 3.8) is 0 Å². The summed E-state index contributed by atoms with van der Waals surface area (Å²) >= 11 is 0. The topological polar surface area (TPSA) is 122 Å². The number of hydrazine groups is 1. The minimum atomic E-state index is -0.0687. The van der Waals surface area contributed by atoms with Crippen LogP contribution in [0.4, 0.5) is 17.6 Å². The molecule has 0 unspecified atom stereocenters. The third-order valence-electron chi connectivity index (χ3n) is 2.36. The Morgan fingerprint density at radius 1 is 1.14 bits per heavy atom. The monoisotopic (exact) mass is 285 g/mol. The number of nitrogens with two attached hydrogens (primary N) is 1. The molecule has 0 radical (unpaired) electrons. The molecule has 0 spiro atoms. The van der Waals surface area contributed by atoms with Gasteiger partial charge < -0.3 is 10.1 Å². The molecule has 0 aliphatic rings. The Morgan fingerprint density at radius 3 is 2.38 bits per heavy atom. The quantitative estimate of drug-likeness (QED) is 0.559. The van der Waals surface area contributed by atoms with Gasteiger partial charge in [0.1, 0.15) is 0 Å². The zero-order valence-electron chi connectivity index (χ0n) is 11.7. The first-order valence-electron chi connectivity index (χ1n) is 6.27. The molecule has 8 nitrogen and oxygen atoms in total. The molecule has 0 aliphatic carbocycles. The van der Waals surface area contributed by atoms with Gasteiger partial charge in [-0.05, 0) is 38.1 Å². The van der Waals surface area contributed by atoms with E-state index < -0.39 is 0 Å². The van der Waals surface area contributed by atoms with Crippen LogP contribution in [-0.2, 0) is 0 Å². The van der Waals surface area contributed by atoms with Gasteiger partial charge in [-0.25, -0.2) is 5.84 Å². The summed E-state index contributed by atoms with van der Waals surface area (Å²) in [5.41, 5.74) is 3.67. The van der Waals surface area contributed by atoms with Gasteiger partial charge in [0.15, 0.2) is 0 Å². The highest BCUT2D eigenvalue weighted by Gasteiger charge is 2.08. The molecule has 0 amide bonds. The molecular weight excluding hydrogens is 270 g/mol. The lowest BCUT2D eigenvalue weighted by molar-refractivity contribution is 0.222. The maximum absolute atomic E-state index is 8.76. The predicted octanol–water partition coefficient (Wildman–Crippen LogP) is 1.56. The summed E-state index contributed by atoms with van der Waals surface area (Å²) in [6.07, 6.45) is -0.0687. The third-order valence-corrected chi connectivity index (χ3v) is 2.36. The first-order chi connectivity index (χ1) is 10.1. The maximum atomic E-state index is 8.76. The van der Waals surface area contributed by atoms with Crippen LogP contribution in [0.25, 0.3) is 0 Å². The Kier molecular flexibility index (Phi) is 4.48. The van der Waals surface area contributed by atoms with Crippen molar-refractivity contribution in [2.75, 3.05) is 10.7 Å². The Labute approximate surface area is 122 Å². The molecule has 1 aromatic heterocycles. The first-order valence-corrected chi connectivity index (χ1v) is 6.27. The summed E-state index contributed by atoms with van der Waals surface area (Å²) in [5.74, 6) is 5.81. The van der Waals surface area contributed by atoms with Crippen molar-refractivity contribution in [1.29, 1.82) is 5.26 Å². The molecule has 8 heteroatoms. The number of nitriles is 1. The van der Waals surface area contributed by atoms with Crippen molar-refractivity contribution in [3.8, 4) is 12.1 Å². The lowest BCUT2D eigenvalue weighted by Gasteiger charge is -2.11. The van der Waals surface area contributed by atoms with Gasteiger partial charge in [0.25, 0.3) is 0 Å². The molecule has 0 atom stereocenters. The zero-order valence-corrected chi connectivity index (χ0v) is 11.7. The molecule has 0 aliphatic heterocycles. The highest BCUT2D eigenvalue weighted by molar-refractivity contribution is 5.55. The van der Waals surface area contributed by atoms with E-state index in [2.05, 4.69) is 31.8 Å². The summed E-state index contributed by atoms with van der Waals surface area (Å²) in [4.78, 5) is 12.2. The van der Waals surface area contributed by atoms with Crippen molar-refractivity contribution < 1.29 is 4.74 Å². The van der Waals surface area contributed by atoms with Gasteiger partial charge in [0.05, 0.1) is 17.7 Å². The van der Waals surface area contributed by atoms with Crippen molar-refractivity contribution in [2.45, 2.75) is 20.0 Å². The van der Waals surface area contributed by atoms with E-state index in [4.69, 9.17) is 15.8 Å². The lowest BCUT2D eigenvalue weighted by atomic mass is 10.2. The van der Waals surface area contributed by atoms with E-state index in [0.717, 1.165) is 5.69 Å². The number of nitrogen functional groups attached to an aromatic ring is 1. The molecule has 1 aromatic carbocycles. The van der Waals surface area contributed by atoms with E-state index >= 15 is 0 Å². The van der Waals surface area contributed by atoms with Crippen LogP contribution in [0.5, 0.6) is 6.01 Å². The summed E-state index contributed by atoms with van der Waals surface area (Å²) in [6, 6.07) is 9.11. The predicted molar refractivity (Wildman–Crippen MR) is 77.8 cm³/mol. The van der Waals surface area contributed by atoms with Gasteiger partial charge in [-0.1, -0.05) is 0 Å². The molecule has 0 saturated heterocycles. The average molecular weight is 285 g/mol. The van der Waals surface area contributed by atoms with E-state index in [1.807, 2.05) is 13.8 Å². The number of anilines is 3. The van der Waals surface area contributed by atoms with Gasteiger partial charge >= 0.3 is 6.01 Å². The van der Waals surface area contributed by atoms with Gasteiger partial charge in [0, 0.05) is 5.69 Å². The number of nitrogens with one attached hydrogen (secondary N) is 2. The van der Waals surface area contributed by atoms with Crippen LogP contribution in [0.2, 0.25) is 0 Å². The van der Waals surface area contributed by atoms with Crippen molar-refractivity contribution >= 4 is 17.6 Å². The van der Waals surface area contributed by atoms with E-state index in [1.165, 1.54) is 0 Å². The zero-order chi connectivity index (χ0) is 15.2. The molecular formula is C13H15N7O. The molecule has 2 rings (SSSR count). The summed E-state index contributed by atoms with van der Waals surface area (Å²) in [7, 11) is 0. The minimum Gasteiger partial charge on any atom is -0.461 e. The highest BCUT2D eigenvalue weighted by Crippen LogP contribution is 2.17. The average Bonchev–Trinajstić information content (AvgIpc) is 2.47. The number of rotatable bonds is 5. The van der Waals surface area contributed by atoms with E-state index in [0.29, 0.717) is 11.5 Å². The number of benzene rings is 1. The molecule has 4 N–H and O–H groups in total. The largest absolute Gasteiger partial charge is 0.461 e. The molecule has 2 aromatic rings. The molecule has 1 heterocycles. The van der Waals surface area contributed by atoms with Crippen molar-refractivity contribution in [2.24, 2.45) is 5.84 Å². The molecule has 0 fully saturated rings. The summed E-state index contributed by atoms with van der Waals surface area (Å²) < 4.78 is 5.43. The minimum absolute atomic E-state index is 0.0687. The van der Waals surface area contributed by atoms with Gasteiger partial charge in [-0.2, -0.15) is 20.2 Å². The van der Waals surface area contributed by atoms with Crippen LogP contribution < -0.4 is 21.3 Å². The Balaban J connectivity index is 2.23. The fourth-order valence-electron chi connectivity index (χ4n) is 1.50. The molecule has 108 valence electrons. The fraction of sp³-hybridized carbons (Fsp3) is 0.231. The highest BCUT2D eigenvalue weighted by atomic mass is 16.5. The molecule has 0 bridgehead atoms. The summed E-state index contributed by atoms with van der Waals surface area (Å²) in [5, 5.41) is 11.8. The number of nitrogens with zero attached hydrogens (tertiary/aromatic N) is 4. The third kappa shape index (κ3) is 4.02. The van der Waals surface area contributed by atoms with Gasteiger partial charge in [-0.3, -0.25) is 5.43 Å². The summed E-state index contributed by atoms with van der Waals surface area (Å²) in [6.45, 7) is 3.74. The molecule has 21 heavy (non-hydrogen) atoms. The van der Waals surface area contributed by atoms with Gasteiger partial charge in [-0.15, -0.1) is 0 Å². The maximum Gasteiger partial charge on any atom is 0.323 e. The smallest absolute Gasteiger partial charge is 0.323 e. The van der Waals surface area contributed by atoms with E-state index in [9.17, 15) is 0 Å². The second kappa shape index (κ2) is 6.49. The van der Waals surface area contributed by atoms with Crippen LogP contribution in [0.15, 0.2) is 24.3 Å². The number of aromatic nitrogens is 3. The van der Waals surface area contributed by atoms with E-state index in [-0.39, 0.29) is 18.1 Å². The van der Waals surface area contributed by atoms with Crippen LogP contribution in [-0.4, -0.2) is 21.1 Å². The second-order valence-electron chi connectivity index (χ2n) is 4.39. The normalized spacial score (nSPS) is 10.0. The Morgan fingerprint density at radius 2 is 1.81 bits per heavy atom. The number of hydrogen-bond acceptors (Lipinski definition) is 8. The standard InChI is InChI=1S/C13H15N7O/c1-8(2)21-13-18-11(17-12(19-13)20-15)16-10-5-3-9(7-14)4-6-10/h3-6,8H,15H2,1-2H3,(H2,16,17,18,19,20). The second-order valence-corrected chi connectivity index (χ2v) is 4.39. The van der Waals surface area contributed by atoms with Gasteiger partial charge in [0.2, 0.25) is 11.9 Å². The SMILES string of the molecule is CC(C)Oc1nc(NN)nc(Nc2ccc(C#N)cc2)n1. The Bertz CT molecular complexity index is 649. The molecule has 0 saturated carbocycles. The van der Waals surface area contributed by atoms with Crippen LogP contribution >= 0.6 is 0 Å². The van der Waals surface area contributed by atoms with Crippen molar-refractivity contribution in [3.05, 3.63) is 29.8 Å². The number of hydrogen-bond donors (Lipinski definition) is 3. The lowest BCUT2D eigenvalue weighted by Crippen LogP contribution is -2.15.